The molecule has 0 radical (unpaired) electrons. The molecule has 4 aromatic rings. The maximum atomic E-state index is 12.6. The van der Waals surface area contributed by atoms with Gasteiger partial charge in [0.1, 0.15) is 5.82 Å². The first-order valence-electron chi connectivity index (χ1n) is 11.6. The van der Waals surface area contributed by atoms with E-state index in [2.05, 4.69) is 15.7 Å². The Morgan fingerprint density at radius 2 is 1.77 bits per heavy atom. The third-order valence-corrected chi connectivity index (χ3v) is 6.24. The summed E-state index contributed by atoms with van der Waals surface area (Å²) in [6.45, 7) is 6.56. The third kappa shape index (κ3) is 6.64. The highest BCUT2D eigenvalue weighted by Gasteiger charge is 2.12. The van der Waals surface area contributed by atoms with Gasteiger partial charge in [0, 0.05) is 47.6 Å². The number of hydrogen-bond donors (Lipinski definition) is 2. The molecule has 2 heterocycles. The molecule has 2 aromatic carbocycles. The van der Waals surface area contributed by atoms with Crippen molar-refractivity contribution in [3.05, 3.63) is 82.3 Å². The Morgan fingerprint density at radius 3 is 2.49 bits per heavy atom. The van der Waals surface area contributed by atoms with Crippen LogP contribution in [-0.2, 0) is 17.8 Å². The summed E-state index contributed by atoms with van der Waals surface area (Å²) in [5.41, 5.74) is 4.13. The van der Waals surface area contributed by atoms with E-state index in [1.807, 2.05) is 79.4 Å². The van der Waals surface area contributed by atoms with Crippen LogP contribution in [0.5, 0.6) is 0 Å². The summed E-state index contributed by atoms with van der Waals surface area (Å²) in [5.74, 6) is 0.858. The summed E-state index contributed by atoms with van der Waals surface area (Å²) in [7, 11) is 0. The molecular weight excluding hydrogens is 458 g/mol. The summed E-state index contributed by atoms with van der Waals surface area (Å²) in [4.78, 5) is 29.3. The van der Waals surface area contributed by atoms with Crippen molar-refractivity contribution < 1.29 is 9.59 Å². The maximum absolute atomic E-state index is 12.6. The Balaban J connectivity index is 1.37. The molecule has 0 unspecified atom stereocenters. The van der Waals surface area contributed by atoms with E-state index < -0.39 is 0 Å². The summed E-state index contributed by atoms with van der Waals surface area (Å²) in [6, 6.07) is 18.8. The number of carbonyl (C=O) groups is 2. The second kappa shape index (κ2) is 11.1. The molecular formula is C27H29N5O2S. The molecule has 0 fully saturated rings. The van der Waals surface area contributed by atoms with E-state index in [9.17, 15) is 9.59 Å². The highest BCUT2D eigenvalue weighted by Crippen LogP contribution is 2.24. The lowest BCUT2D eigenvalue weighted by molar-refractivity contribution is -0.116. The molecule has 0 atom stereocenters. The van der Waals surface area contributed by atoms with Crippen LogP contribution >= 0.6 is 11.3 Å². The van der Waals surface area contributed by atoms with Crippen LogP contribution in [0.1, 0.15) is 41.3 Å². The lowest BCUT2D eigenvalue weighted by atomic mass is 10.1. The smallest absolute Gasteiger partial charge is 0.256 e. The fraction of sp³-hybridized carbons (Fsp3) is 0.259. The molecule has 0 saturated carbocycles. The average Bonchev–Trinajstić information content (AvgIpc) is 3.44. The van der Waals surface area contributed by atoms with Gasteiger partial charge < -0.3 is 10.6 Å². The van der Waals surface area contributed by atoms with Crippen molar-refractivity contribution >= 4 is 34.7 Å². The largest absolute Gasteiger partial charge is 0.326 e. The summed E-state index contributed by atoms with van der Waals surface area (Å²) in [5, 5.41) is 13.4. The molecule has 0 aliphatic heterocycles. The maximum Gasteiger partial charge on any atom is 0.256 e. The lowest BCUT2D eigenvalue weighted by Crippen LogP contribution is -2.16. The van der Waals surface area contributed by atoms with E-state index >= 15 is 0 Å². The zero-order valence-electron chi connectivity index (χ0n) is 20.1. The van der Waals surface area contributed by atoms with E-state index in [1.165, 1.54) is 0 Å². The SMILES string of the molecule is Cc1cc(NC(=O)c2ccccc2)n(CCc2nc(-c3ccc(NC(=O)CC(C)C)cc3)cs2)n1. The summed E-state index contributed by atoms with van der Waals surface area (Å²) in [6.07, 6.45) is 1.20. The first-order chi connectivity index (χ1) is 16.9. The van der Waals surface area contributed by atoms with E-state index in [4.69, 9.17) is 4.98 Å². The summed E-state index contributed by atoms with van der Waals surface area (Å²) >= 11 is 1.60. The zero-order valence-corrected chi connectivity index (χ0v) is 20.9. The molecule has 0 saturated heterocycles. The van der Waals surface area contributed by atoms with Crippen molar-refractivity contribution in [3.8, 4) is 11.3 Å². The molecule has 0 aliphatic carbocycles. The predicted octanol–water partition coefficient (Wildman–Crippen LogP) is 5.79. The van der Waals surface area contributed by atoms with Crippen LogP contribution in [0.4, 0.5) is 11.5 Å². The van der Waals surface area contributed by atoms with E-state index in [1.54, 1.807) is 23.5 Å². The van der Waals surface area contributed by atoms with Gasteiger partial charge in [-0.2, -0.15) is 5.10 Å². The van der Waals surface area contributed by atoms with E-state index in [0.29, 0.717) is 36.7 Å². The Hall–Kier alpha value is -3.78. The number of rotatable bonds is 9. The first-order valence-corrected chi connectivity index (χ1v) is 12.5. The van der Waals surface area contributed by atoms with Crippen molar-refractivity contribution in [1.29, 1.82) is 0 Å². The van der Waals surface area contributed by atoms with Gasteiger partial charge in [-0.15, -0.1) is 11.3 Å². The van der Waals surface area contributed by atoms with Crippen molar-refractivity contribution in [2.24, 2.45) is 5.92 Å². The summed E-state index contributed by atoms with van der Waals surface area (Å²) < 4.78 is 1.81. The van der Waals surface area contributed by atoms with Crippen molar-refractivity contribution in [2.75, 3.05) is 10.6 Å². The van der Waals surface area contributed by atoms with Gasteiger partial charge in [-0.25, -0.2) is 9.67 Å². The molecule has 180 valence electrons. The monoisotopic (exact) mass is 487 g/mol. The van der Waals surface area contributed by atoms with Crippen LogP contribution < -0.4 is 10.6 Å². The zero-order chi connectivity index (χ0) is 24.8. The van der Waals surface area contributed by atoms with Gasteiger partial charge in [-0.3, -0.25) is 9.59 Å². The molecule has 4 rings (SSSR count). The number of hydrogen-bond acceptors (Lipinski definition) is 5. The van der Waals surface area contributed by atoms with Gasteiger partial charge in [-0.1, -0.05) is 44.2 Å². The van der Waals surface area contributed by atoms with E-state index in [-0.39, 0.29) is 11.8 Å². The standard InChI is InChI=1S/C27H29N5O2S/c1-18(2)15-25(33)28-22-11-9-20(10-12-22)23-17-35-26(29-23)13-14-32-24(16-19(3)31-32)30-27(34)21-7-5-4-6-8-21/h4-12,16-18H,13-15H2,1-3H3,(H,28,33)(H,30,34). The lowest BCUT2D eigenvalue weighted by Gasteiger charge is -2.08. The normalized spacial score (nSPS) is 11.0. The number of amides is 2. The molecule has 7 nitrogen and oxygen atoms in total. The first kappa shape index (κ1) is 24.3. The molecule has 35 heavy (non-hydrogen) atoms. The van der Waals surface area contributed by atoms with Gasteiger partial charge in [0.15, 0.2) is 0 Å². The number of carbonyl (C=O) groups excluding carboxylic acids is 2. The quantitative estimate of drug-likeness (QED) is 0.312. The molecule has 8 heteroatoms. The van der Waals surface area contributed by atoms with Crippen molar-refractivity contribution in [1.82, 2.24) is 14.8 Å². The van der Waals surface area contributed by atoms with Crippen LogP contribution in [0.25, 0.3) is 11.3 Å². The molecule has 2 aromatic heterocycles. The highest BCUT2D eigenvalue weighted by atomic mass is 32.1. The van der Waals surface area contributed by atoms with E-state index in [0.717, 1.165) is 27.6 Å². The number of benzene rings is 2. The fourth-order valence-electron chi connectivity index (χ4n) is 3.66. The Morgan fingerprint density at radius 1 is 1.03 bits per heavy atom. The number of anilines is 2. The minimum atomic E-state index is -0.160. The van der Waals surface area contributed by atoms with Crippen molar-refractivity contribution in [2.45, 2.75) is 40.2 Å². The number of aromatic nitrogens is 3. The van der Waals surface area contributed by atoms with Gasteiger partial charge in [-0.05, 0) is 37.1 Å². The number of aryl methyl sites for hydroxylation is 3. The van der Waals surface area contributed by atoms with Gasteiger partial charge in [0.25, 0.3) is 5.91 Å². The molecule has 2 N–H and O–H groups in total. The second-order valence-electron chi connectivity index (χ2n) is 8.81. The van der Waals surface area contributed by atoms with Crippen LogP contribution in [-0.4, -0.2) is 26.6 Å². The minimum absolute atomic E-state index is 0.0249. The predicted molar refractivity (Wildman–Crippen MR) is 141 cm³/mol. The fourth-order valence-corrected chi connectivity index (χ4v) is 4.46. The minimum Gasteiger partial charge on any atom is -0.326 e. The topological polar surface area (TPSA) is 88.9 Å². The second-order valence-corrected chi connectivity index (χ2v) is 9.76. The molecule has 0 spiro atoms. The van der Waals surface area contributed by atoms with Gasteiger partial charge in [0.2, 0.25) is 5.91 Å². The highest BCUT2D eigenvalue weighted by molar-refractivity contribution is 7.09. The third-order valence-electron chi connectivity index (χ3n) is 5.33. The van der Waals surface area contributed by atoms with Gasteiger partial charge in [0.05, 0.1) is 16.4 Å². The Bertz CT molecular complexity index is 1290. The Kier molecular flexibility index (Phi) is 7.72. The Labute approximate surface area is 209 Å². The number of nitrogens with one attached hydrogen (secondary N) is 2. The molecule has 0 aliphatic rings. The van der Waals surface area contributed by atoms with Crippen LogP contribution in [0.2, 0.25) is 0 Å². The number of thiazole rings is 1. The van der Waals surface area contributed by atoms with Crippen LogP contribution in [0.3, 0.4) is 0 Å². The van der Waals surface area contributed by atoms with Crippen LogP contribution in [0, 0.1) is 12.8 Å². The molecule has 0 bridgehead atoms. The van der Waals surface area contributed by atoms with Gasteiger partial charge >= 0.3 is 0 Å². The molecule has 2 amide bonds. The number of nitrogens with zero attached hydrogens (tertiary/aromatic N) is 3. The average molecular weight is 488 g/mol. The van der Waals surface area contributed by atoms with Crippen molar-refractivity contribution in [3.63, 3.8) is 0 Å². The van der Waals surface area contributed by atoms with Crippen LogP contribution in [0.15, 0.2) is 66.0 Å².